The Balaban J connectivity index is 1.67. The van der Waals surface area contributed by atoms with Gasteiger partial charge < -0.3 is 10.1 Å². The highest BCUT2D eigenvalue weighted by atomic mass is 16.5. The first-order valence-electron chi connectivity index (χ1n) is 6.89. The van der Waals surface area contributed by atoms with E-state index in [1.54, 1.807) is 13.2 Å². The van der Waals surface area contributed by atoms with Gasteiger partial charge in [0, 0.05) is 31.2 Å². The summed E-state index contributed by atoms with van der Waals surface area (Å²) in [6.07, 6.45) is 3.92. The summed E-state index contributed by atoms with van der Waals surface area (Å²) >= 11 is 0. The van der Waals surface area contributed by atoms with E-state index in [0.29, 0.717) is 11.6 Å². The number of hydrogen-bond acceptors (Lipinski definition) is 4. The van der Waals surface area contributed by atoms with Crippen molar-refractivity contribution in [3.63, 3.8) is 0 Å². The molecule has 1 aliphatic carbocycles. The second kappa shape index (κ2) is 5.10. The van der Waals surface area contributed by atoms with Crippen molar-refractivity contribution in [3.05, 3.63) is 23.8 Å². The third-order valence-electron chi connectivity index (χ3n) is 3.97. The molecule has 1 aliphatic heterocycles. The van der Waals surface area contributed by atoms with Gasteiger partial charge in [0.25, 0.3) is 0 Å². The molecule has 0 aromatic heterocycles. The highest BCUT2D eigenvalue weighted by Gasteiger charge is 2.34. The molecule has 1 unspecified atom stereocenters. The molecule has 1 aromatic rings. The third-order valence-corrected chi connectivity index (χ3v) is 3.97. The lowest BCUT2D eigenvalue weighted by atomic mass is 10.1. The molecular weight excluding hydrogens is 238 g/mol. The minimum atomic E-state index is 0.488. The van der Waals surface area contributed by atoms with Gasteiger partial charge in [0.05, 0.1) is 24.4 Å². The Labute approximate surface area is 114 Å². The zero-order valence-electron chi connectivity index (χ0n) is 11.2. The van der Waals surface area contributed by atoms with E-state index in [1.165, 1.54) is 25.8 Å². The summed E-state index contributed by atoms with van der Waals surface area (Å²) in [6.45, 7) is 2.31. The Kier molecular flexibility index (Phi) is 3.31. The molecule has 1 aromatic carbocycles. The molecule has 0 bridgehead atoms. The van der Waals surface area contributed by atoms with Gasteiger partial charge in [0.1, 0.15) is 5.75 Å². The molecule has 0 spiro atoms. The smallest absolute Gasteiger partial charge is 0.143 e. The molecule has 4 heteroatoms. The van der Waals surface area contributed by atoms with Gasteiger partial charge in [0.2, 0.25) is 0 Å². The van der Waals surface area contributed by atoms with Crippen molar-refractivity contribution in [2.45, 2.75) is 31.3 Å². The van der Waals surface area contributed by atoms with Gasteiger partial charge in [-0.15, -0.1) is 0 Å². The van der Waals surface area contributed by atoms with Crippen LogP contribution < -0.4 is 10.1 Å². The van der Waals surface area contributed by atoms with Crippen molar-refractivity contribution in [2.24, 2.45) is 0 Å². The molecule has 1 saturated carbocycles. The van der Waals surface area contributed by atoms with E-state index in [0.717, 1.165) is 24.0 Å². The van der Waals surface area contributed by atoms with Crippen LogP contribution in [-0.2, 0) is 0 Å². The second-order valence-corrected chi connectivity index (χ2v) is 5.38. The summed E-state index contributed by atoms with van der Waals surface area (Å²) in [6, 6.07) is 9.03. The number of ether oxygens (including phenoxy) is 1. The molecule has 0 radical (unpaired) electrons. The molecule has 2 fully saturated rings. The molecule has 0 amide bonds. The van der Waals surface area contributed by atoms with Crippen LogP contribution in [-0.4, -0.2) is 37.2 Å². The van der Waals surface area contributed by atoms with E-state index in [1.807, 2.05) is 12.1 Å². The van der Waals surface area contributed by atoms with E-state index < -0.39 is 0 Å². The molecule has 100 valence electrons. The average Bonchev–Trinajstić information content (AvgIpc) is 3.20. The Morgan fingerprint density at radius 2 is 2.21 bits per heavy atom. The van der Waals surface area contributed by atoms with Crippen LogP contribution in [0.15, 0.2) is 18.2 Å². The van der Waals surface area contributed by atoms with E-state index in [9.17, 15) is 0 Å². The maximum absolute atomic E-state index is 8.90. The predicted octanol–water partition coefficient (Wildman–Crippen LogP) is 2.22. The first-order chi connectivity index (χ1) is 9.30. The lowest BCUT2D eigenvalue weighted by molar-refractivity contribution is 0.326. The second-order valence-electron chi connectivity index (χ2n) is 5.38. The van der Waals surface area contributed by atoms with Crippen molar-refractivity contribution < 1.29 is 4.74 Å². The fourth-order valence-corrected chi connectivity index (χ4v) is 2.78. The SMILES string of the molecule is COc1cc(C#N)ccc1NC1CCN(C2CC2)C1. The topological polar surface area (TPSA) is 48.3 Å². The summed E-state index contributed by atoms with van der Waals surface area (Å²) in [5.74, 6) is 0.754. The van der Waals surface area contributed by atoms with Gasteiger partial charge in [0.15, 0.2) is 0 Å². The lowest BCUT2D eigenvalue weighted by Crippen LogP contribution is -2.27. The number of hydrogen-bond donors (Lipinski definition) is 1. The van der Waals surface area contributed by atoms with Gasteiger partial charge in [-0.2, -0.15) is 5.26 Å². The van der Waals surface area contributed by atoms with Gasteiger partial charge in [-0.05, 0) is 31.4 Å². The Morgan fingerprint density at radius 1 is 1.37 bits per heavy atom. The first kappa shape index (κ1) is 12.3. The van der Waals surface area contributed by atoms with Crippen molar-refractivity contribution >= 4 is 5.69 Å². The molecule has 1 atom stereocenters. The number of methoxy groups -OCH3 is 1. The number of nitriles is 1. The van der Waals surface area contributed by atoms with Gasteiger partial charge in [-0.3, -0.25) is 4.90 Å². The Bertz CT molecular complexity index is 505. The van der Waals surface area contributed by atoms with Gasteiger partial charge in [-0.1, -0.05) is 0 Å². The molecule has 1 heterocycles. The maximum Gasteiger partial charge on any atom is 0.143 e. The minimum absolute atomic E-state index is 0.488. The number of anilines is 1. The first-order valence-corrected chi connectivity index (χ1v) is 6.89. The fourth-order valence-electron chi connectivity index (χ4n) is 2.78. The quantitative estimate of drug-likeness (QED) is 0.898. The van der Waals surface area contributed by atoms with E-state index in [2.05, 4.69) is 16.3 Å². The average molecular weight is 257 g/mol. The van der Waals surface area contributed by atoms with Crippen LogP contribution in [0.3, 0.4) is 0 Å². The summed E-state index contributed by atoms with van der Waals surface area (Å²) in [7, 11) is 1.65. The van der Waals surface area contributed by atoms with Crippen LogP contribution in [0.2, 0.25) is 0 Å². The number of likely N-dealkylation sites (tertiary alicyclic amines) is 1. The molecule has 3 rings (SSSR count). The monoisotopic (exact) mass is 257 g/mol. The number of rotatable bonds is 4. The van der Waals surface area contributed by atoms with Crippen LogP contribution in [0.25, 0.3) is 0 Å². The van der Waals surface area contributed by atoms with Crippen LogP contribution in [0.5, 0.6) is 5.75 Å². The molecule has 19 heavy (non-hydrogen) atoms. The van der Waals surface area contributed by atoms with Gasteiger partial charge in [-0.25, -0.2) is 0 Å². The fraction of sp³-hybridized carbons (Fsp3) is 0.533. The zero-order valence-corrected chi connectivity index (χ0v) is 11.2. The van der Waals surface area contributed by atoms with Crippen molar-refractivity contribution in [2.75, 3.05) is 25.5 Å². The van der Waals surface area contributed by atoms with Crippen molar-refractivity contribution in [3.8, 4) is 11.8 Å². The minimum Gasteiger partial charge on any atom is -0.495 e. The highest BCUT2D eigenvalue weighted by molar-refractivity contribution is 5.60. The normalized spacial score (nSPS) is 23.1. The maximum atomic E-state index is 8.90. The van der Waals surface area contributed by atoms with Crippen LogP contribution >= 0.6 is 0 Å². The molecule has 2 aliphatic rings. The molecule has 1 saturated heterocycles. The molecule has 4 nitrogen and oxygen atoms in total. The largest absolute Gasteiger partial charge is 0.495 e. The van der Waals surface area contributed by atoms with Crippen molar-refractivity contribution in [1.29, 1.82) is 5.26 Å². The van der Waals surface area contributed by atoms with E-state index in [4.69, 9.17) is 10.00 Å². The van der Waals surface area contributed by atoms with E-state index in [-0.39, 0.29) is 0 Å². The summed E-state index contributed by atoms with van der Waals surface area (Å²) in [4.78, 5) is 2.58. The molecule has 1 N–H and O–H groups in total. The Morgan fingerprint density at radius 3 is 2.89 bits per heavy atom. The van der Waals surface area contributed by atoms with Crippen LogP contribution in [0, 0.1) is 11.3 Å². The van der Waals surface area contributed by atoms with Gasteiger partial charge >= 0.3 is 0 Å². The molecular formula is C15H19N3O. The van der Waals surface area contributed by atoms with Crippen molar-refractivity contribution in [1.82, 2.24) is 4.90 Å². The number of benzene rings is 1. The highest BCUT2D eigenvalue weighted by Crippen LogP contribution is 2.32. The number of nitrogens with zero attached hydrogens (tertiary/aromatic N) is 2. The van der Waals surface area contributed by atoms with E-state index >= 15 is 0 Å². The predicted molar refractivity (Wildman–Crippen MR) is 74.3 cm³/mol. The Hall–Kier alpha value is -1.73. The standard InChI is InChI=1S/C15H19N3O/c1-19-15-8-11(9-16)2-5-14(15)17-12-6-7-18(10-12)13-3-4-13/h2,5,8,12-13,17H,3-4,6-7,10H2,1H3. The lowest BCUT2D eigenvalue weighted by Gasteiger charge is -2.18. The third kappa shape index (κ3) is 2.66. The van der Waals surface area contributed by atoms with Crippen LogP contribution in [0.4, 0.5) is 5.69 Å². The number of nitrogens with one attached hydrogen (secondary N) is 1. The summed E-state index contributed by atoms with van der Waals surface area (Å²) in [5.41, 5.74) is 1.62. The van der Waals surface area contributed by atoms with Crippen LogP contribution in [0.1, 0.15) is 24.8 Å². The zero-order chi connectivity index (χ0) is 13.2. The summed E-state index contributed by atoms with van der Waals surface area (Å²) in [5, 5.41) is 12.5. The summed E-state index contributed by atoms with van der Waals surface area (Å²) < 4.78 is 5.36.